The molecule has 1 aromatic rings. The van der Waals surface area contributed by atoms with Crippen molar-refractivity contribution in [2.24, 2.45) is 0 Å². The molecule has 0 radical (unpaired) electrons. The molecular weight excluding hydrogens is 284 g/mol. The lowest BCUT2D eigenvalue weighted by molar-refractivity contribution is -0.386. The summed E-state index contributed by atoms with van der Waals surface area (Å²) < 4.78 is 28.3. The fourth-order valence-corrected chi connectivity index (χ4v) is 2.72. The number of ether oxygens (including phenoxy) is 1. The minimum Gasteiger partial charge on any atom is -0.485 e. The third-order valence-electron chi connectivity index (χ3n) is 3.16. The molecule has 1 aromatic carbocycles. The maximum atomic E-state index is 11.4. The summed E-state index contributed by atoms with van der Waals surface area (Å²) in [6.07, 6.45) is 3.04. The van der Waals surface area contributed by atoms with E-state index in [0.717, 1.165) is 31.7 Å². The van der Waals surface area contributed by atoms with Gasteiger partial charge >= 0.3 is 5.69 Å². The van der Waals surface area contributed by atoms with Crippen LogP contribution < -0.4 is 10.1 Å². The highest BCUT2D eigenvalue weighted by atomic mass is 32.2. The Bertz CT molecular complexity index is 608. The second-order valence-corrected chi connectivity index (χ2v) is 6.78. The van der Waals surface area contributed by atoms with E-state index in [0.29, 0.717) is 6.61 Å². The fraction of sp³-hybridized carbons (Fsp3) is 0.500. The van der Waals surface area contributed by atoms with Crippen LogP contribution in [0.2, 0.25) is 0 Å². The minimum atomic E-state index is -3.48. The van der Waals surface area contributed by atoms with Gasteiger partial charge in [-0.25, -0.2) is 8.42 Å². The van der Waals surface area contributed by atoms with Crippen LogP contribution in [0.15, 0.2) is 23.1 Å². The van der Waals surface area contributed by atoms with Crippen LogP contribution in [0.4, 0.5) is 5.69 Å². The van der Waals surface area contributed by atoms with Gasteiger partial charge in [-0.2, -0.15) is 0 Å². The average Bonchev–Trinajstić information content (AvgIpc) is 2.88. The molecule has 20 heavy (non-hydrogen) atoms. The topological polar surface area (TPSA) is 98.5 Å². The molecule has 8 heteroatoms. The summed E-state index contributed by atoms with van der Waals surface area (Å²) in [6, 6.07) is 3.87. The van der Waals surface area contributed by atoms with Gasteiger partial charge in [0.25, 0.3) is 0 Å². The molecule has 1 unspecified atom stereocenters. The second kappa shape index (κ2) is 5.76. The Morgan fingerprint density at radius 1 is 1.50 bits per heavy atom. The Hall–Kier alpha value is -1.67. The minimum absolute atomic E-state index is 0.0875. The van der Waals surface area contributed by atoms with Gasteiger partial charge in [0.1, 0.15) is 6.61 Å². The van der Waals surface area contributed by atoms with E-state index in [1.807, 2.05) is 0 Å². The quantitative estimate of drug-likeness (QED) is 0.646. The number of hydrogen-bond donors (Lipinski definition) is 1. The molecular formula is C12H16N2O5S. The van der Waals surface area contributed by atoms with E-state index in [9.17, 15) is 18.5 Å². The van der Waals surface area contributed by atoms with Crippen molar-refractivity contribution in [2.75, 3.05) is 19.4 Å². The molecule has 1 aliphatic rings. The largest absolute Gasteiger partial charge is 0.485 e. The predicted octanol–water partition coefficient (Wildman–Crippen LogP) is 1.13. The van der Waals surface area contributed by atoms with Crippen molar-refractivity contribution in [1.82, 2.24) is 5.32 Å². The van der Waals surface area contributed by atoms with E-state index >= 15 is 0 Å². The van der Waals surface area contributed by atoms with Crippen LogP contribution in [0.1, 0.15) is 12.8 Å². The zero-order valence-electron chi connectivity index (χ0n) is 11.0. The van der Waals surface area contributed by atoms with Gasteiger partial charge < -0.3 is 10.1 Å². The zero-order valence-corrected chi connectivity index (χ0v) is 11.9. The van der Waals surface area contributed by atoms with Crippen LogP contribution in [0.25, 0.3) is 0 Å². The molecule has 0 aromatic heterocycles. The molecule has 2 rings (SSSR count). The number of nitro benzene ring substituents is 1. The lowest BCUT2D eigenvalue weighted by atomic mass is 10.2. The van der Waals surface area contributed by atoms with Crippen molar-refractivity contribution in [3.05, 3.63) is 28.3 Å². The third-order valence-corrected chi connectivity index (χ3v) is 4.27. The van der Waals surface area contributed by atoms with Crippen LogP contribution in [0.3, 0.4) is 0 Å². The Morgan fingerprint density at radius 2 is 2.25 bits per heavy atom. The van der Waals surface area contributed by atoms with Gasteiger partial charge in [-0.1, -0.05) is 0 Å². The Balaban J connectivity index is 2.21. The molecule has 1 heterocycles. The summed E-state index contributed by atoms with van der Waals surface area (Å²) in [7, 11) is -3.48. The van der Waals surface area contributed by atoms with E-state index in [2.05, 4.69) is 5.32 Å². The van der Waals surface area contributed by atoms with Crippen LogP contribution in [0, 0.1) is 10.1 Å². The summed E-state index contributed by atoms with van der Waals surface area (Å²) >= 11 is 0. The van der Waals surface area contributed by atoms with Gasteiger partial charge in [-0.3, -0.25) is 10.1 Å². The summed E-state index contributed by atoms with van der Waals surface area (Å²) in [5.41, 5.74) is -0.328. The maximum absolute atomic E-state index is 11.4. The number of nitro groups is 1. The van der Waals surface area contributed by atoms with Crippen LogP contribution >= 0.6 is 0 Å². The van der Waals surface area contributed by atoms with Gasteiger partial charge in [0.2, 0.25) is 0 Å². The first kappa shape index (κ1) is 14.7. The van der Waals surface area contributed by atoms with E-state index in [4.69, 9.17) is 4.74 Å². The normalized spacial score (nSPS) is 18.9. The highest BCUT2D eigenvalue weighted by Gasteiger charge is 2.21. The molecule has 1 aliphatic heterocycles. The summed E-state index contributed by atoms with van der Waals surface area (Å²) in [4.78, 5) is 10.3. The molecule has 1 saturated heterocycles. The van der Waals surface area contributed by atoms with Gasteiger partial charge in [-0.15, -0.1) is 0 Å². The molecule has 0 bridgehead atoms. The van der Waals surface area contributed by atoms with Gasteiger partial charge in [0.05, 0.1) is 9.82 Å². The van der Waals surface area contributed by atoms with Crippen LogP contribution in [-0.4, -0.2) is 38.8 Å². The lowest BCUT2D eigenvalue weighted by Crippen LogP contribution is -2.28. The first-order valence-electron chi connectivity index (χ1n) is 6.22. The number of hydrogen-bond acceptors (Lipinski definition) is 6. The van der Waals surface area contributed by atoms with Crippen molar-refractivity contribution in [3.8, 4) is 5.75 Å². The number of sulfone groups is 1. The molecule has 7 nitrogen and oxygen atoms in total. The molecule has 0 saturated carbocycles. The summed E-state index contributed by atoms with van der Waals surface area (Å²) in [5.74, 6) is 0.0936. The number of benzene rings is 1. The zero-order chi connectivity index (χ0) is 14.8. The SMILES string of the molecule is CS(=O)(=O)c1ccc(OCC2CCCN2)c([N+](=O)[O-])c1. The van der Waals surface area contributed by atoms with Crippen molar-refractivity contribution < 1.29 is 18.1 Å². The maximum Gasteiger partial charge on any atom is 0.312 e. The van der Waals surface area contributed by atoms with E-state index < -0.39 is 14.8 Å². The second-order valence-electron chi connectivity index (χ2n) is 4.76. The monoisotopic (exact) mass is 300 g/mol. The lowest BCUT2D eigenvalue weighted by Gasteiger charge is -2.12. The van der Waals surface area contributed by atoms with Crippen molar-refractivity contribution in [2.45, 2.75) is 23.8 Å². The van der Waals surface area contributed by atoms with Gasteiger partial charge in [0, 0.05) is 18.4 Å². The molecule has 1 atom stereocenters. The van der Waals surface area contributed by atoms with Gasteiger partial charge in [-0.05, 0) is 31.5 Å². The molecule has 1 N–H and O–H groups in total. The van der Waals surface area contributed by atoms with Crippen molar-refractivity contribution in [3.63, 3.8) is 0 Å². The Labute approximate surface area is 117 Å². The van der Waals surface area contributed by atoms with Crippen molar-refractivity contribution >= 4 is 15.5 Å². The number of nitrogens with one attached hydrogen (secondary N) is 1. The van der Waals surface area contributed by atoms with Crippen LogP contribution in [0.5, 0.6) is 5.75 Å². The highest BCUT2D eigenvalue weighted by molar-refractivity contribution is 7.90. The Kier molecular flexibility index (Phi) is 4.24. The summed E-state index contributed by atoms with van der Waals surface area (Å²) in [6.45, 7) is 1.25. The first-order chi connectivity index (χ1) is 9.38. The smallest absolute Gasteiger partial charge is 0.312 e. The summed E-state index contributed by atoms with van der Waals surface area (Å²) in [5, 5.41) is 14.2. The predicted molar refractivity (Wildman–Crippen MR) is 72.7 cm³/mol. The van der Waals surface area contributed by atoms with Crippen molar-refractivity contribution in [1.29, 1.82) is 0 Å². The molecule has 110 valence electrons. The Morgan fingerprint density at radius 3 is 2.80 bits per heavy atom. The standard InChI is InChI=1S/C12H16N2O5S/c1-20(17,18)10-4-5-12(11(7-10)14(15)16)19-8-9-3-2-6-13-9/h4-5,7,9,13H,2-3,6,8H2,1H3. The van der Waals surface area contributed by atoms with Crippen LogP contribution in [-0.2, 0) is 9.84 Å². The molecule has 1 fully saturated rings. The number of nitrogens with zero attached hydrogens (tertiary/aromatic N) is 1. The third kappa shape index (κ3) is 3.45. The molecule has 0 spiro atoms. The van der Waals surface area contributed by atoms with Gasteiger partial charge in [0.15, 0.2) is 15.6 Å². The first-order valence-corrected chi connectivity index (χ1v) is 8.12. The number of rotatable bonds is 5. The fourth-order valence-electron chi connectivity index (χ4n) is 2.08. The average molecular weight is 300 g/mol. The molecule has 0 amide bonds. The van der Waals surface area contributed by atoms with E-state index in [-0.39, 0.29) is 22.4 Å². The molecule has 0 aliphatic carbocycles. The van der Waals surface area contributed by atoms with E-state index in [1.54, 1.807) is 0 Å². The van der Waals surface area contributed by atoms with E-state index in [1.165, 1.54) is 12.1 Å². The highest BCUT2D eigenvalue weighted by Crippen LogP contribution is 2.30.